The number of benzene rings is 1. The minimum Gasteiger partial charge on any atom is -0.395 e. The van der Waals surface area contributed by atoms with E-state index in [9.17, 15) is 13.6 Å². The Bertz CT molecular complexity index is 441. The summed E-state index contributed by atoms with van der Waals surface area (Å²) in [6.07, 6.45) is -2.64. The minimum atomic E-state index is -2.64. The van der Waals surface area contributed by atoms with Crippen molar-refractivity contribution in [3.63, 3.8) is 0 Å². The number of aliphatic hydroxyl groups is 1. The van der Waals surface area contributed by atoms with E-state index >= 15 is 0 Å². The van der Waals surface area contributed by atoms with Crippen molar-refractivity contribution >= 4 is 11.6 Å². The van der Waals surface area contributed by atoms with E-state index in [2.05, 4.69) is 5.43 Å². The summed E-state index contributed by atoms with van der Waals surface area (Å²) in [5.41, 5.74) is 3.99. The van der Waals surface area contributed by atoms with Gasteiger partial charge in [0.15, 0.2) is 0 Å². The highest BCUT2D eigenvalue weighted by atomic mass is 19.3. The maximum atomic E-state index is 12.4. The molecule has 7 heteroatoms. The van der Waals surface area contributed by atoms with Crippen LogP contribution < -0.4 is 11.3 Å². The Hall–Kier alpha value is -1.73. The van der Waals surface area contributed by atoms with E-state index in [4.69, 9.17) is 10.9 Å². The van der Waals surface area contributed by atoms with Crippen LogP contribution in [0.2, 0.25) is 0 Å². The third kappa shape index (κ3) is 4.15. The van der Waals surface area contributed by atoms with Crippen molar-refractivity contribution in [1.29, 1.82) is 0 Å². The van der Waals surface area contributed by atoms with Gasteiger partial charge in [-0.3, -0.25) is 10.6 Å². The molecule has 0 aliphatic rings. The molecule has 0 spiro atoms. The van der Waals surface area contributed by atoms with Gasteiger partial charge in [0.05, 0.1) is 13.2 Å². The van der Waals surface area contributed by atoms with Gasteiger partial charge in [-0.1, -0.05) is 0 Å². The molecule has 0 unspecified atom stereocenters. The Morgan fingerprint density at radius 2 is 2.21 bits per heavy atom. The summed E-state index contributed by atoms with van der Waals surface area (Å²) in [7, 11) is 0. The number of hydrogen-bond acceptors (Lipinski definition) is 4. The maximum absolute atomic E-state index is 12.4. The third-order valence-corrected chi connectivity index (χ3v) is 2.64. The molecular formula is C12H17F2N3O2. The molecule has 1 amide bonds. The summed E-state index contributed by atoms with van der Waals surface area (Å²) in [5, 5.41) is 8.83. The minimum absolute atomic E-state index is 0.125. The van der Waals surface area contributed by atoms with E-state index in [-0.39, 0.29) is 13.2 Å². The highest BCUT2D eigenvalue weighted by Gasteiger charge is 2.20. The first kappa shape index (κ1) is 15.3. The van der Waals surface area contributed by atoms with Crippen LogP contribution >= 0.6 is 0 Å². The zero-order chi connectivity index (χ0) is 14.4. The topological polar surface area (TPSA) is 78.6 Å². The number of aliphatic hydroxyl groups excluding tert-OH is 1. The molecule has 0 fully saturated rings. The number of hydrogen-bond donors (Lipinski definition) is 3. The van der Waals surface area contributed by atoms with Gasteiger partial charge in [0.1, 0.15) is 0 Å². The van der Waals surface area contributed by atoms with Crippen LogP contribution in [0.3, 0.4) is 0 Å². The standard InChI is InChI=1S/C12H17F2N3O2/c1-8-6-9(16-15)2-3-10(8)12(19)17(4-5-18)7-11(13)14/h2-3,6,11,16,18H,4-5,7,15H2,1H3. The molecular weight excluding hydrogens is 256 g/mol. The fraction of sp³-hybridized carbons (Fsp3) is 0.417. The first-order valence-corrected chi connectivity index (χ1v) is 5.75. The first-order valence-electron chi connectivity index (χ1n) is 5.75. The Morgan fingerprint density at radius 1 is 1.53 bits per heavy atom. The van der Waals surface area contributed by atoms with Gasteiger partial charge >= 0.3 is 0 Å². The molecule has 0 bridgehead atoms. The van der Waals surface area contributed by atoms with Crippen LogP contribution in [0.1, 0.15) is 15.9 Å². The number of anilines is 1. The van der Waals surface area contributed by atoms with Crippen LogP contribution in [0.5, 0.6) is 0 Å². The number of nitrogens with one attached hydrogen (secondary N) is 1. The molecule has 0 aromatic heterocycles. The van der Waals surface area contributed by atoms with Crippen LogP contribution in [0.25, 0.3) is 0 Å². The second-order valence-electron chi connectivity index (χ2n) is 4.04. The normalized spacial score (nSPS) is 10.6. The van der Waals surface area contributed by atoms with Gasteiger partial charge in [0.2, 0.25) is 0 Å². The number of hydrazine groups is 1. The molecule has 0 atom stereocenters. The Morgan fingerprint density at radius 3 is 2.68 bits per heavy atom. The van der Waals surface area contributed by atoms with Crippen LogP contribution in [-0.4, -0.2) is 42.0 Å². The van der Waals surface area contributed by atoms with E-state index in [1.165, 1.54) is 6.07 Å². The zero-order valence-corrected chi connectivity index (χ0v) is 10.6. The molecule has 106 valence electrons. The molecule has 4 N–H and O–H groups in total. The Labute approximate surface area is 110 Å². The van der Waals surface area contributed by atoms with Gasteiger partial charge in [-0.2, -0.15) is 0 Å². The van der Waals surface area contributed by atoms with Crippen LogP contribution in [0.4, 0.5) is 14.5 Å². The second-order valence-corrected chi connectivity index (χ2v) is 4.04. The SMILES string of the molecule is Cc1cc(NN)ccc1C(=O)N(CCO)CC(F)F. The van der Waals surface area contributed by atoms with Crippen molar-refractivity contribution in [3.8, 4) is 0 Å². The monoisotopic (exact) mass is 273 g/mol. The number of nitrogens with two attached hydrogens (primary N) is 1. The molecule has 0 aliphatic heterocycles. The molecule has 1 aromatic rings. The molecule has 19 heavy (non-hydrogen) atoms. The lowest BCUT2D eigenvalue weighted by molar-refractivity contribution is 0.0508. The van der Waals surface area contributed by atoms with Crippen molar-refractivity contribution in [2.45, 2.75) is 13.3 Å². The number of amides is 1. The van der Waals surface area contributed by atoms with E-state index in [1.807, 2.05) is 0 Å². The lowest BCUT2D eigenvalue weighted by Gasteiger charge is -2.22. The number of halogens is 2. The van der Waals surface area contributed by atoms with Gasteiger partial charge in [-0.05, 0) is 30.7 Å². The van der Waals surface area contributed by atoms with Gasteiger partial charge in [0, 0.05) is 17.8 Å². The molecule has 0 saturated carbocycles. The van der Waals surface area contributed by atoms with Crippen molar-refractivity contribution < 1.29 is 18.7 Å². The van der Waals surface area contributed by atoms with Crippen LogP contribution in [0, 0.1) is 6.92 Å². The fourth-order valence-corrected chi connectivity index (χ4v) is 1.73. The van der Waals surface area contributed by atoms with E-state index < -0.39 is 18.9 Å². The third-order valence-electron chi connectivity index (χ3n) is 2.64. The molecule has 0 aliphatic carbocycles. The lowest BCUT2D eigenvalue weighted by atomic mass is 10.1. The predicted molar refractivity (Wildman–Crippen MR) is 68.0 cm³/mol. The predicted octanol–water partition coefficient (Wildman–Crippen LogP) is 0.980. The number of aryl methyl sites for hydroxylation is 1. The number of nitrogen functional groups attached to an aromatic ring is 1. The van der Waals surface area contributed by atoms with Crippen molar-refractivity contribution in [1.82, 2.24) is 4.90 Å². The number of rotatable bonds is 6. The van der Waals surface area contributed by atoms with E-state index in [0.717, 1.165) is 4.90 Å². The van der Waals surface area contributed by atoms with Crippen molar-refractivity contribution in [2.75, 3.05) is 25.1 Å². The smallest absolute Gasteiger partial charge is 0.255 e. The molecule has 0 heterocycles. The fourth-order valence-electron chi connectivity index (χ4n) is 1.73. The zero-order valence-electron chi connectivity index (χ0n) is 10.6. The average molecular weight is 273 g/mol. The number of nitrogens with zero attached hydrogens (tertiary/aromatic N) is 1. The summed E-state index contributed by atoms with van der Waals surface area (Å²) in [4.78, 5) is 13.1. The molecule has 1 rings (SSSR count). The van der Waals surface area contributed by atoms with Gasteiger partial charge in [-0.15, -0.1) is 0 Å². The number of alkyl halides is 2. The summed E-state index contributed by atoms with van der Waals surface area (Å²) >= 11 is 0. The second kappa shape index (κ2) is 7.01. The van der Waals surface area contributed by atoms with Crippen LogP contribution in [0.15, 0.2) is 18.2 Å². The van der Waals surface area contributed by atoms with E-state index in [1.54, 1.807) is 19.1 Å². The maximum Gasteiger partial charge on any atom is 0.255 e. The summed E-state index contributed by atoms with van der Waals surface area (Å²) in [6, 6.07) is 4.75. The highest BCUT2D eigenvalue weighted by molar-refractivity contribution is 5.96. The first-order chi connectivity index (χ1) is 8.99. The Balaban J connectivity index is 2.95. The van der Waals surface area contributed by atoms with E-state index in [0.29, 0.717) is 16.8 Å². The average Bonchev–Trinajstić information content (AvgIpc) is 2.36. The van der Waals surface area contributed by atoms with Gasteiger partial charge in [-0.25, -0.2) is 8.78 Å². The summed E-state index contributed by atoms with van der Waals surface area (Å²) in [5.74, 6) is 4.71. The number of carbonyl (C=O) groups excluding carboxylic acids is 1. The lowest BCUT2D eigenvalue weighted by Crippen LogP contribution is -2.37. The number of carbonyl (C=O) groups is 1. The molecule has 1 aromatic carbocycles. The largest absolute Gasteiger partial charge is 0.395 e. The summed E-state index contributed by atoms with van der Waals surface area (Å²) < 4.78 is 24.8. The molecule has 0 saturated heterocycles. The highest BCUT2D eigenvalue weighted by Crippen LogP contribution is 2.16. The van der Waals surface area contributed by atoms with Gasteiger partial charge in [0.25, 0.3) is 12.3 Å². The van der Waals surface area contributed by atoms with Crippen LogP contribution in [-0.2, 0) is 0 Å². The van der Waals surface area contributed by atoms with Gasteiger partial charge < -0.3 is 15.4 Å². The summed E-state index contributed by atoms with van der Waals surface area (Å²) in [6.45, 7) is 0.503. The molecule has 5 nitrogen and oxygen atoms in total. The quantitative estimate of drug-likeness (QED) is 0.533. The van der Waals surface area contributed by atoms with Crippen molar-refractivity contribution in [3.05, 3.63) is 29.3 Å². The molecule has 0 radical (unpaired) electrons. The Kier molecular flexibility index (Phi) is 5.65. The van der Waals surface area contributed by atoms with Crippen molar-refractivity contribution in [2.24, 2.45) is 5.84 Å².